The van der Waals surface area contributed by atoms with Crippen LogP contribution in [0, 0.1) is 24.4 Å². The van der Waals surface area contributed by atoms with Crippen molar-refractivity contribution in [1.29, 1.82) is 0 Å². The fraction of sp³-hybridized carbons (Fsp3) is 0.240. The van der Waals surface area contributed by atoms with Crippen LogP contribution in [-0.2, 0) is 13.0 Å². The van der Waals surface area contributed by atoms with Crippen LogP contribution in [0.25, 0.3) is 16.8 Å². The van der Waals surface area contributed by atoms with E-state index in [0.29, 0.717) is 41.6 Å². The predicted octanol–water partition coefficient (Wildman–Crippen LogP) is 4.37. The van der Waals surface area contributed by atoms with Crippen molar-refractivity contribution in [2.45, 2.75) is 19.9 Å². The number of hydrogen-bond acceptors (Lipinski definition) is 5. The minimum Gasteiger partial charge on any atom is -0.493 e. The van der Waals surface area contributed by atoms with Crippen LogP contribution in [-0.4, -0.2) is 45.9 Å². The van der Waals surface area contributed by atoms with Gasteiger partial charge in [-0.2, -0.15) is 0 Å². The highest BCUT2D eigenvalue weighted by molar-refractivity contribution is 5.95. The SMILES string of the molecule is Cc1cn2c(NCc3c(F)ccc4c3CCO4)ncc(-c3ccc(C(=O)N(C)C)c(F)c3F)c2n1. The molecular weight excluding hydrogens is 459 g/mol. The Morgan fingerprint density at radius 2 is 1.94 bits per heavy atom. The zero-order valence-corrected chi connectivity index (χ0v) is 19.3. The third-order valence-corrected chi connectivity index (χ3v) is 5.98. The highest BCUT2D eigenvalue weighted by Gasteiger charge is 2.24. The summed E-state index contributed by atoms with van der Waals surface area (Å²) in [5, 5.41) is 3.13. The van der Waals surface area contributed by atoms with Gasteiger partial charge in [-0.15, -0.1) is 0 Å². The van der Waals surface area contributed by atoms with Gasteiger partial charge >= 0.3 is 0 Å². The number of aromatic nitrogens is 3. The van der Waals surface area contributed by atoms with Crippen LogP contribution in [0.2, 0.25) is 0 Å². The molecule has 1 N–H and O–H groups in total. The largest absolute Gasteiger partial charge is 0.493 e. The fourth-order valence-electron chi connectivity index (χ4n) is 4.25. The van der Waals surface area contributed by atoms with Crippen molar-refractivity contribution in [2.75, 3.05) is 26.0 Å². The van der Waals surface area contributed by atoms with Crippen molar-refractivity contribution in [3.8, 4) is 16.9 Å². The summed E-state index contributed by atoms with van der Waals surface area (Å²) < 4.78 is 51.5. The van der Waals surface area contributed by atoms with Gasteiger partial charge in [-0.05, 0) is 25.1 Å². The number of ether oxygens (including phenoxy) is 1. The number of amides is 1. The van der Waals surface area contributed by atoms with Crippen LogP contribution in [0.4, 0.5) is 19.1 Å². The second kappa shape index (κ2) is 8.61. The highest BCUT2D eigenvalue weighted by Crippen LogP contribution is 2.32. The van der Waals surface area contributed by atoms with Crippen molar-refractivity contribution in [2.24, 2.45) is 0 Å². The van der Waals surface area contributed by atoms with E-state index < -0.39 is 17.5 Å². The molecule has 1 amide bonds. The first-order valence-corrected chi connectivity index (χ1v) is 11.0. The Bertz CT molecular complexity index is 1480. The number of carbonyl (C=O) groups excluding carboxylic acids is 1. The van der Waals surface area contributed by atoms with Gasteiger partial charge in [0.25, 0.3) is 5.91 Å². The van der Waals surface area contributed by atoms with E-state index >= 15 is 4.39 Å². The minimum absolute atomic E-state index is 0.0727. The van der Waals surface area contributed by atoms with Gasteiger partial charge in [0, 0.05) is 61.7 Å². The van der Waals surface area contributed by atoms with Gasteiger partial charge in [-0.1, -0.05) is 6.07 Å². The maximum absolute atomic E-state index is 15.1. The van der Waals surface area contributed by atoms with Gasteiger partial charge in [0.15, 0.2) is 11.6 Å². The number of benzene rings is 2. The van der Waals surface area contributed by atoms with Crippen molar-refractivity contribution < 1.29 is 22.7 Å². The highest BCUT2D eigenvalue weighted by atomic mass is 19.2. The predicted molar refractivity (Wildman–Crippen MR) is 124 cm³/mol. The van der Waals surface area contributed by atoms with Crippen molar-refractivity contribution in [3.63, 3.8) is 0 Å². The van der Waals surface area contributed by atoms with E-state index in [9.17, 15) is 13.6 Å². The minimum atomic E-state index is -1.24. The third-order valence-electron chi connectivity index (χ3n) is 5.98. The molecule has 0 aliphatic carbocycles. The van der Waals surface area contributed by atoms with E-state index in [1.54, 1.807) is 23.6 Å². The normalized spacial score (nSPS) is 12.5. The Morgan fingerprint density at radius 3 is 2.71 bits per heavy atom. The molecule has 0 spiro atoms. The lowest BCUT2D eigenvalue weighted by molar-refractivity contribution is 0.0822. The van der Waals surface area contributed by atoms with Crippen LogP contribution in [0.5, 0.6) is 5.75 Å². The van der Waals surface area contributed by atoms with Crippen LogP contribution < -0.4 is 10.1 Å². The molecule has 0 atom stereocenters. The van der Waals surface area contributed by atoms with Crippen molar-refractivity contribution >= 4 is 17.5 Å². The summed E-state index contributed by atoms with van der Waals surface area (Å²) >= 11 is 0. The maximum atomic E-state index is 15.1. The summed E-state index contributed by atoms with van der Waals surface area (Å²) in [6.45, 7) is 2.42. The monoisotopic (exact) mass is 481 g/mol. The molecule has 1 aliphatic heterocycles. The van der Waals surface area contributed by atoms with Gasteiger partial charge < -0.3 is 15.0 Å². The number of nitrogens with one attached hydrogen (secondary N) is 1. The van der Waals surface area contributed by atoms with E-state index in [2.05, 4.69) is 15.3 Å². The third kappa shape index (κ3) is 3.84. The molecule has 2 aromatic carbocycles. The zero-order chi connectivity index (χ0) is 24.9. The molecule has 7 nitrogen and oxygen atoms in total. The summed E-state index contributed by atoms with van der Waals surface area (Å²) in [5.74, 6) is -2.35. The Labute approximate surface area is 199 Å². The molecule has 0 bridgehead atoms. The van der Waals surface area contributed by atoms with Crippen LogP contribution in [0.15, 0.2) is 36.7 Å². The molecule has 4 aromatic rings. The first-order valence-electron chi connectivity index (χ1n) is 11.0. The second-order valence-corrected chi connectivity index (χ2v) is 8.51. The van der Waals surface area contributed by atoms with Crippen molar-refractivity contribution in [3.05, 3.63) is 76.5 Å². The molecule has 0 radical (unpaired) electrons. The molecule has 5 rings (SSSR count). The Balaban J connectivity index is 1.53. The maximum Gasteiger partial charge on any atom is 0.256 e. The summed E-state index contributed by atoms with van der Waals surface area (Å²) in [5.41, 5.74) is 2.09. The van der Waals surface area contributed by atoms with Gasteiger partial charge in [0.1, 0.15) is 17.2 Å². The molecule has 0 unspecified atom stereocenters. The van der Waals surface area contributed by atoms with E-state index in [-0.39, 0.29) is 29.1 Å². The molecular formula is C25H22F3N5O2. The van der Waals surface area contributed by atoms with Gasteiger partial charge in [-0.25, -0.2) is 23.1 Å². The van der Waals surface area contributed by atoms with Crippen molar-refractivity contribution in [1.82, 2.24) is 19.3 Å². The number of anilines is 1. The summed E-state index contributed by atoms with van der Waals surface area (Å²) in [4.78, 5) is 22.2. The van der Waals surface area contributed by atoms with E-state index in [1.807, 2.05) is 0 Å². The quantitative estimate of drug-likeness (QED) is 0.458. The molecule has 35 heavy (non-hydrogen) atoms. The Kier molecular flexibility index (Phi) is 5.58. The van der Waals surface area contributed by atoms with Crippen LogP contribution in [0.1, 0.15) is 27.2 Å². The first-order chi connectivity index (χ1) is 16.8. The average Bonchev–Trinajstić information content (AvgIpc) is 3.46. The number of halogens is 3. The smallest absolute Gasteiger partial charge is 0.256 e. The number of fused-ring (bicyclic) bond motifs is 2. The molecule has 180 valence electrons. The Morgan fingerprint density at radius 1 is 1.14 bits per heavy atom. The van der Waals surface area contributed by atoms with Gasteiger partial charge in [0.2, 0.25) is 5.95 Å². The molecule has 0 fully saturated rings. The molecule has 10 heteroatoms. The first kappa shape index (κ1) is 22.7. The van der Waals surface area contributed by atoms with E-state index in [1.165, 1.54) is 43.4 Å². The summed E-state index contributed by atoms with van der Waals surface area (Å²) in [6.07, 6.45) is 3.69. The number of rotatable bonds is 5. The number of hydrogen-bond donors (Lipinski definition) is 1. The van der Waals surface area contributed by atoms with E-state index in [0.717, 1.165) is 5.56 Å². The molecule has 1 aliphatic rings. The Hall–Kier alpha value is -4.08. The number of carbonyl (C=O) groups is 1. The second-order valence-electron chi connectivity index (χ2n) is 8.51. The molecule has 3 heterocycles. The summed E-state index contributed by atoms with van der Waals surface area (Å²) in [7, 11) is 2.92. The lowest BCUT2D eigenvalue weighted by Crippen LogP contribution is -2.23. The van der Waals surface area contributed by atoms with Crippen LogP contribution in [0.3, 0.4) is 0 Å². The molecule has 0 saturated heterocycles. The van der Waals surface area contributed by atoms with Crippen LogP contribution >= 0.6 is 0 Å². The lowest BCUT2D eigenvalue weighted by Gasteiger charge is -2.14. The van der Waals surface area contributed by atoms with Gasteiger partial charge in [0.05, 0.1) is 17.9 Å². The molecule has 2 aromatic heterocycles. The summed E-state index contributed by atoms with van der Waals surface area (Å²) in [6, 6.07) is 5.58. The van der Waals surface area contributed by atoms with Gasteiger partial charge in [-0.3, -0.25) is 9.20 Å². The lowest BCUT2D eigenvalue weighted by atomic mass is 10.0. The average molecular weight is 481 g/mol. The number of aryl methyl sites for hydroxylation is 1. The molecule has 0 saturated carbocycles. The van der Waals surface area contributed by atoms with E-state index in [4.69, 9.17) is 4.74 Å². The standard InChI is InChI=1S/C25H22F3N5O2/c1-13-12-33-23(31-13)18(15-4-5-16(22(28)21(15)27)24(34)32(2)3)11-30-25(33)29-10-17-14-8-9-35-20(14)7-6-19(17)26/h4-7,11-12H,8-10H2,1-3H3,(H,29,30). The number of imidazole rings is 1. The fourth-order valence-corrected chi connectivity index (χ4v) is 4.25. The number of nitrogens with zero attached hydrogens (tertiary/aromatic N) is 4. The zero-order valence-electron chi connectivity index (χ0n) is 19.3. The topological polar surface area (TPSA) is 71.8 Å².